The molecule has 3 aromatic rings. The number of azide groups is 1. The third-order valence-corrected chi connectivity index (χ3v) is 8.07. The molecular weight excluding hydrogens is 586 g/mol. The van der Waals surface area contributed by atoms with Crippen molar-refractivity contribution in [2.45, 2.75) is 43.9 Å². The topological polar surface area (TPSA) is 129 Å². The van der Waals surface area contributed by atoms with Gasteiger partial charge in [0.1, 0.15) is 5.75 Å². The molecule has 1 aliphatic carbocycles. The predicted octanol–water partition coefficient (Wildman–Crippen LogP) is 6.05. The Hall–Kier alpha value is -3.85. The maximum atomic E-state index is 14.3. The number of hydrogen-bond donors (Lipinski definition) is 2. The van der Waals surface area contributed by atoms with Gasteiger partial charge in [-0.3, -0.25) is 4.79 Å². The predicted molar refractivity (Wildman–Crippen MR) is 160 cm³/mol. The molecule has 41 heavy (non-hydrogen) atoms. The summed E-state index contributed by atoms with van der Waals surface area (Å²) < 4.78 is 13.1. The standard InChI is InChI=1S/C31H32BrN5O4/c32-27-9-4-3-8-26(27)28-31(30(39)34-19-21-10-11-21,18-23-6-1-2-7-24(23)20-35-37-33)36-29(41-28)22-12-14-25(15-13-22)40-17-5-16-38/h1-4,6-9,12-15,21,28,38H,5,10-11,16-20H2,(H,34,39)/t28-,31-/m1/s1. The molecule has 0 bridgehead atoms. The highest BCUT2D eigenvalue weighted by Gasteiger charge is 2.54. The summed E-state index contributed by atoms with van der Waals surface area (Å²) in [5.41, 5.74) is 10.9. The van der Waals surface area contributed by atoms with Crippen LogP contribution in [-0.2, 0) is 22.5 Å². The van der Waals surface area contributed by atoms with Crippen molar-refractivity contribution in [2.24, 2.45) is 16.0 Å². The van der Waals surface area contributed by atoms with Gasteiger partial charge < -0.3 is 19.9 Å². The van der Waals surface area contributed by atoms with E-state index in [-0.39, 0.29) is 25.5 Å². The highest BCUT2D eigenvalue weighted by atomic mass is 79.9. The lowest BCUT2D eigenvalue weighted by Crippen LogP contribution is -2.50. The zero-order valence-electron chi connectivity index (χ0n) is 22.6. The van der Waals surface area contributed by atoms with Gasteiger partial charge in [-0.1, -0.05) is 63.5 Å². The monoisotopic (exact) mass is 617 g/mol. The normalized spacial score (nSPS) is 19.6. The zero-order valence-corrected chi connectivity index (χ0v) is 24.2. The first-order valence-electron chi connectivity index (χ1n) is 13.7. The highest BCUT2D eigenvalue weighted by molar-refractivity contribution is 9.10. The van der Waals surface area contributed by atoms with Crippen LogP contribution in [0.15, 0.2) is 87.4 Å². The minimum absolute atomic E-state index is 0.0655. The van der Waals surface area contributed by atoms with E-state index in [1.165, 1.54) is 0 Å². The number of hydrogen-bond acceptors (Lipinski definition) is 6. The van der Waals surface area contributed by atoms with E-state index in [9.17, 15) is 4.79 Å². The maximum absolute atomic E-state index is 14.3. The third-order valence-electron chi connectivity index (χ3n) is 7.35. The van der Waals surface area contributed by atoms with E-state index < -0.39 is 11.6 Å². The smallest absolute Gasteiger partial charge is 0.252 e. The van der Waals surface area contributed by atoms with Crippen LogP contribution in [0.25, 0.3) is 10.4 Å². The fourth-order valence-corrected chi connectivity index (χ4v) is 5.43. The number of halogens is 1. The molecule has 2 N–H and O–H groups in total. The van der Waals surface area contributed by atoms with Gasteiger partial charge in [-0.05, 0) is 65.7 Å². The summed E-state index contributed by atoms with van der Waals surface area (Å²) in [4.78, 5) is 22.3. The number of amides is 1. The second-order valence-electron chi connectivity index (χ2n) is 10.3. The lowest BCUT2D eigenvalue weighted by atomic mass is 9.81. The summed E-state index contributed by atoms with van der Waals surface area (Å²) >= 11 is 3.68. The van der Waals surface area contributed by atoms with Gasteiger partial charge in [0.2, 0.25) is 5.90 Å². The molecule has 212 valence electrons. The van der Waals surface area contributed by atoms with Gasteiger partial charge in [-0.15, -0.1) is 0 Å². The van der Waals surface area contributed by atoms with Crippen LogP contribution >= 0.6 is 15.9 Å². The fraction of sp³-hybridized carbons (Fsp3) is 0.355. The minimum Gasteiger partial charge on any atom is -0.494 e. The van der Waals surface area contributed by atoms with Crippen molar-refractivity contribution >= 4 is 27.7 Å². The Morgan fingerprint density at radius 2 is 1.85 bits per heavy atom. The Labute approximate surface area is 247 Å². The number of aliphatic hydroxyl groups is 1. The van der Waals surface area contributed by atoms with Crippen LogP contribution in [0.4, 0.5) is 0 Å². The first-order chi connectivity index (χ1) is 20.0. The molecule has 2 atom stereocenters. The van der Waals surface area contributed by atoms with E-state index in [4.69, 9.17) is 25.1 Å². The molecule has 0 spiro atoms. The number of carbonyl (C=O) groups is 1. The number of carbonyl (C=O) groups excluding carboxylic acids is 1. The average Bonchev–Trinajstić information content (AvgIpc) is 3.75. The van der Waals surface area contributed by atoms with Crippen LogP contribution in [0.1, 0.15) is 47.6 Å². The first-order valence-corrected chi connectivity index (χ1v) is 14.5. The van der Waals surface area contributed by atoms with Gasteiger partial charge in [-0.25, -0.2) is 4.99 Å². The SMILES string of the molecule is [N-]=[N+]=NCc1ccccc1C[C@@]1(C(=O)NCC2CC2)N=C(c2ccc(OCCCO)cc2)O[C@@H]1c1ccccc1Br. The molecule has 1 aliphatic heterocycles. The lowest BCUT2D eigenvalue weighted by Gasteiger charge is -2.32. The highest BCUT2D eigenvalue weighted by Crippen LogP contribution is 2.45. The van der Waals surface area contributed by atoms with Crippen LogP contribution < -0.4 is 10.1 Å². The van der Waals surface area contributed by atoms with Crippen molar-refractivity contribution in [3.05, 3.63) is 110 Å². The molecule has 1 saturated carbocycles. The molecule has 0 aromatic heterocycles. The first kappa shape index (κ1) is 28.7. The quantitative estimate of drug-likeness (QED) is 0.105. The Morgan fingerprint density at radius 1 is 1.12 bits per heavy atom. The Balaban J connectivity index is 1.58. The van der Waals surface area contributed by atoms with Crippen molar-refractivity contribution in [3.8, 4) is 5.75 Å². The van der Waals surface area contributed by atoms with Gasteiger partial charge in [0.15, 0.2) is 11.6 Å². The van der Waals surface area contributed by atoms with Crippen LogP contribution in [0.2, 0.25) is 0 Å². The van der Waals surface area contributed by atoms with E-state index in [2.05, 4.69) is 31.3 Å². The number of nitrogens with zero attached hydrogens (tertiary/aromatic N) is 4. The molecular formula is C31H32BrN5O4. The van der Waals surface area contributed by atoms with Gasteiger partial charge >= 0.3 is 0 Å². The fourth-order valence-electron chi connectivity index (χ4n) is 4.94. The zero-order chi connectivity index (χ0) is 28.7. The molecule has 2 aliphatic rings. The molecule has 10 heteroatoms. The molecule has 5 rings (SSSR count). The number of aliphatic imine (C=N–C) groups is 1. The summed E-state index contributed by atoms with van der Waals surface area (Å²) in [6.45, 7) is 1.24. The average molecular weight is 619 g/mol. The van der Waals surface area contributed by atoms with Gasteiger partial charge in [-0.2, -0.15) is 0 Å². The number of ether oxygens (including phenoxy) is 2. The minimum atomic E-state index is -1.32. The summed E-state index contributed by atoms with van der Waals surface area (Å²) in [6, 6.07) is 22.7. The maximum Gasteiger partial charge on any atom is 0.252 e. The molecule has 3 aromatic carbocycles. The van der Waals surface area contributed by atoms with Crippen LogP contribution in [0.3, 0.4) is 0 Å². The van der Waals surface area contributed by atoms with Crippen molar-refractivity contribution < 1.29 is 19.4 Å². The second kappa shape index (κ2) is 13.2. The van der Waals surface area contributed by atoms with Crippen LogP contribution in [0.5, 0.6) is 5.75 Å². The molecule has 1 heterocycles. The summed E-state index contributed by atoms with van der Waals surface area (Å²) in [6.07, 6.45) is 2.28. The van der Waals surface area contributed by atoms with E-state index in [0.29, 0.717) is 37.1 Å². The van der Waals surface area contributed by atoms with Crippen molar-refractivity contribution in [1.29, 1.82) is 0 Å². The summed E-state index contributed by atoms with van der Waals surface area (Å²) in [5, 5.41) is 16.0. The van der Waals surface area contributed by atoms with Crippen molar-refractivity contribution in [3.63, 3.8) is 0 Å². The number of rotatable bonds is 13. The van der Waals surface area contributed by atoms with Gasteiger partial charge in [0, 0.05) is 46.5 Å². The van der Waals surface area contributed by atoms with E-state index in [1.807, 2.05) is 72.8 Å². The lowest BCUT2D eigenvalue weighted by molar-refractivity contribution is -0.129. The third kappa shape index (κ3) is 6.73. The van der Waals surface area contributed by atoms with Crippen molar-refractivity contribution in [2.75, 3.05) is 19.8 Å². The second-order valence-corrected chi connectivity index (χ2v) is 11.2. The Morgan fingerprint density at radius 3 is 2.56 bits per heavy atom. The van der Waals surface area contributed by atoms with E-state index in [1.54, 1.807) is 0 Å². The number of aliphatic hydroxyl groups excluding tert-OH is 1. The molecule has 1 fully saturated rings. The van der Waals surface area contributed by atoms with E-state index >= 15 is 0 Å². The number of benzene rings is 3. The van der Waals surface area contributed by atoms with Gasteiger partial charge in [0.05, 0.1) is 13.2 Å². The Kier molecular flexibility index (Phi) is 9.24. The van der Waals surface area contributed by atoms with Crippen molar-refractivity contribution in [1.82, 2.24) is 5.32 Å². The van der Waals surface area contributed by atoms with Crippen LogP contribution in [-0.4, -0.2) is 42.2 Å². The molecule has 0 radical (unpaired) electrons. The van der Waals surface area contributed by atoms with Gasteiger partial charge in [0.25, 0.3) is 5.91 Å². The van der Waals surface area contributed by atoms with Crippen LogP contribution in [0, 0.1) is 5.92 Å². The molecule has 1 amide bonds. The molecule has 0 unspecified atom stereocenters. The Bertz CT molecular complexity index is 1450. The summed E-state index contributed by atoms with van der Waals surface area (Å²) in [7, 11) is 0. The number of nitrogens with one attached hydrogen (secondary N) is 1. The largest absolute Gasteiger partial charge is 0.494 e. The summed E-state index contributed by atoms with van der Waals surface area (Å²) in [5.74, 6) is 1.31. The molecule has 0 saturated heterocycles. The molecule has 9 nitrogen and oxygen atoms in total. The van der Waals surface area contributed by atoms with E-state index in [0.717, 1.165) is 39.6 Å².